The number of pyridine rings is 1. The van der Waals surface area contributed by atoms with Crippen LogP contribution in [0.25, 0.3) is 16.8 Å². The predicted octanol–water partition coefficient (Wildman–Crippen LogP) is 4.05. The van der Waals surface area contributed by atoms with Crippen molar-refractivity contribution in [2.45, 2.75) is 6.18 Å². The molecule has 4 rings (SSSR count). The van der Waals surface area contributed by atoms with E-state index in [1.807, 2.05) is 0 Å². The van der Waals surface area contributed by atoms with E-state index in [0.29, 0.717) is 11.2 Å². The normalized spacial score (nSPS) is 11.8. The summed E-state index contributed by atoms with van der Waals surface area (Å²) < 4.78 is 42.8. The average molecular weight is 421 g/mol. The van der Waals surface area contributed by atoms with Crippen LogP contribution in [0, 0.1) is 0 Å². The quantitative estimate of drug-likeness (QED) is 0.542. The zero-order valence-electron chi connectivity index (χ0n) is 14.8. The molecule has 0 atom stereocenters. The maximum Gasteiger partial charge on any atom is 0.417 e. The number of fused-ring (bicyclic) bond motifs is 1. The van der Waals surface area contributed by atoms with Crippen LogP contribution in [0.3, 0.4) is 0 Å². The van der Waals surface area contributed by atoms with Crippen molar-refractivity contribution in [3.8, 4) is 11.3 Å². The maximum absolute atomic E-state index is 13.4. The third-order valence-electron chi connectivity index (χ3n) is 4.19. The Bertz CT molecular complexity index is 1230. The molecule has 0 fully saturated rings. The highest BCUT2D eigenvalue weighted by molar-refractivity contribution is 6.30. The molecule has 1 amide bonds. The Balaban J connectivity index is 1.71. The van der Waals surface area contributed by atoms with Gasteiger partial charge in [0.25, 0.3) is 5.91 Å². The van der Waals surface area contributed by atoms with Crippen molar-refractivity contribution in [2.24, 2.45) is 7.05 Å². The number of aryl methyl sites for hydroxylation is 1. The van der Waals surface area contributed by atoms with Gasteiger partial charge in [-0.25, -0.2) is 14.2 Å². The first-order valence-corrected chi connectivity index (χ1v) is 8.62. The number of benzene rings is 1. The van der Waals surface area contributed by atoms with E-state index in [9.17, 15) is 18.0 Å². The molecule has 1 N–H and O–H groups in total. The minimum absolute atomic E-state index is 0.108. The fourth-order valence-electron chi connectivity index (χ4n) is 2.86. The first-order chi connectivity index (χ1) is 13.7. The molecule has 4 aromatic rings. The van der Waals surface area contributed by atoms with Crippen LogP contribution in [0.4, 0.5) is 18.9 Å². The van der Waals surface area contributed by atoms with Crippen LogP contribution in [0.1, 0.15) is 16.2 Å². The number of rotatable bonds is 3. The van der Waals surface area contributed by atoms with Gasteiger partial charge in [0, 0.05) is 17.6 Å². The molecule has 0 unspecified atom stereocenters. The summed E-state index contributed by atoms with van der Waals surface area (Å²) in [4.78, 5) is 16.1. The Morgan fingerprint density at radius 2 is 1.97 bits per heavy atom. The SMILES string of the molecule is Cn1ncnc1C(=O)Nc1ccc2cc(-c3cc(Cl)ccc3C(F)(F)F)nn2c1. The third kappa shape index (κ3) is 3.66. The monoisotopic (exact) mass is 420 g/mol. The third-order valence-corrected chi connectivity index (χ3v) is 4.43. The Morgan fingerprint density at radius 1 is 1.17 bits per heavy atom. The number of anilines is 1. The second kappa shape index (κ2) is 6.89. The predicted molar refractivity (Wildman–Crippen MR) is 99.6 cm³/mol. The fourth-order valence-corrected chi connectivity index (χ4v) is 3.03. The lowest BCUT2D eigenvalue weighted by Gasteiger charge is -2.11. The molecule has 0 bridgehead atoms. The van der Waals surface area contributed by atoms with Crippen molar-refractivity contribution < 1.29 is 18.0 Å². The van der Waals surface area contributed by atoms with E-state index < -0.39 is 17.6 Å². The molecule has 1 aromatic carbocycles. The Labute approximate surface area is 166 Å². The number of nitrogens with one attached hydrogen (secondary N) is 1. The number of nitrogens with zero attached hydrogens (tertiary/aromatic N) is 5. The van der Waals surface area contributed by atoms with Gasteiger partial charge in [-0.05, 0) is 36.4 Å². The number of aromatic nitrogens is 5. The molecule has 0 saturated carbocycles. The molecule has 148 valence electrons. The van der Waals surface area contributed by atoms with Gasteiger partial charge in [0.1, 0.15) is 6.33 Å². The molecule has 7 nitrogen and oxygen atoms in total. The molecule has 0 radical (unpaired) electrons. The highest BCUT2D eigenvalue weighted by atomic mass is 35.5. The summed E-state index contributed by atoms with van der Waals surface area (Å²) in [5.74, 6) is -0.370. The van der Waals surface area contributed by atoms with Crippen molar-refractivity contribution in [3.63, 3.8) is 0 Å². The molecular formula is C18H12ClF3N6O. The van der Waals surface area contributed by atoms with Crippen molar-refractivity contribution in [2.75, 3.05) is 5.32 Å². The van der Waals surface area contributed by atoms with E-state index in [2.05, 4.69) is 20.5 Å². The van der Waals surface area contributed by atoms with Crippen LogP contribution >= 0.6 is 11.6 Å². The minimum atomic E-state index is -4.55. The number of hydrogen-bond acceptors (Lipinski definition) is 4. The van der Waals surface area contributed by atoms with Gasteiger partial charge in [-0.1, -0.05) is 11.6 Å². The van der Waals surface area contributed by atoms with Gasteiger partial charge in [-0.2, -0.15) is 23.4 Å². The number of carbonyl (C=O) groups is 1. The van der Waals surface area contributed by atoms with Crippen LogP contribution in [-0.4, -0.2) is 30.3 Å². The van der Waals surface area contributed by atoms with Crippen LogP contribution in [0.2, 0.25) is 5.02 Å². The van der Waals surface area contributed by atoms with Crippen LogP contribution in [0.15, 0.2) is 48.9 Å². The summed E-state index contributed by atoms with van der Waals surface area (Å²) >= 11 is 5.90. The lowest BCUT2D eigenvalue weighted by Crippen LogP contribution is -2.17. The molecule has 0 aliphatic carbocycles. The first-order valence-electron chi connectivity index (χ1n) is 8.24. The molecule has 0 spiro atoms. The second-order valence-electron chi connectivity index (χ2n) is 6.17. The van der Waals surface area contributed by atoms with Crippen LogP contribution in [-0.2, 0) is 13.2 Å². The van der Waals surface area contributed by atoms with Gasteiger partial charge in [0.05, 0.1) is 28.7 Å². The number of amides is 1. The van der Waals surface area contributed by atoms with E-state index >= 15 is 0 Å². The van der Waals surface area contributed by atoms with Gasteiger partial charge in [-0.15, -0.1) is 0 Å². The van der Waals surface area contributed by atoms with Crippen molar-refractivity contribution in [3.05, 3.63) is 65.3 Å². The summed E-state index contributed by atoms with van der Waals surface area (Å²) in [7, 11) is 1.58. The molecule has 29 heavy (non-hydrogen) atoms. The summed E-state index contributed by atoms with van der Waals surface area (Å²) in [6.45, 7) is 0. The first kappa shape index (κ1) is 18.9. The van der Waals surface area contributed by atoms with Gasteiger partial charge in [0.2, 0.25) is 5.82 Å². The molecule has 0 aliphatic heterocycles. The number of alkyl halides is 3. The number of hydrogen-bond donors (Lipinski definition) is 1. The van der Waals surface area contributed by atoms with E-state index in [0.717, 1.165) is 6.07 Å². The summed E-state index contributed by atoms with van der Waals surface area (Å²) in [6, 6.07) is 8.08. The van der Waals surface area contributed by atoms with Crippen molar-refractivity contribution in [1.29, 1.82) is 0 Å². The topological polar surface area (TPSA) is 77.1 Å². The maximum atomic E-state index is 13.4. The Kier molecular flexibility index (Phi) is 4.50. The summed E-state index contributed by atoms with van der Waals surface area (Å²) in [6.07, 6.45) is -1.81. The lowest BCUT2D eigenvalue weighted by molar-refractivity contribution is -0.137. The van der Waals surface area contributed by atoms with Gasteiger partial charge < -0.3 is 5.32 Å². The number of carbonyl (C=O) groups excluding carboxylic acids is 1. The molecule has 11 heteroatoms. The second-order valence-corrected chi connectivity index (χ2v) is 6.60. The van der Waals surface area contributed by atoms with Crippen molar-refractivity contribution >= 4 is 28.7 Å². The van der Waals surface area contributed by atoms with E-state index in [1.165, 1.54) is 39.9 Å². The van der Waals surface area contributed by atoms with Crippen molar-refractivity contribution in [1.82, 2.24) is 24.4 Å². The molecule has 0 saturated heterocycles. The molecular weight excluding hydrogens is 409 g/mol. The largest absolute Gasteiger partial charge is 0.417 e. The van der Waals surface area contributed by atoms with Gasteiger partial charge in [-0.3, -0.25) is 4.79 Å². The fraction of sp³-hybridized carbons (Fsp3) is 0.111. The highest BCUT2D eigenvalue weighted by Crippen LogP contribution is 2.38. The smallest absolute Gasteiger partial charge is 0.318 e. The van der Waals surface area contributed by atoms with Gasteiger partial charge >= 0.3 is 6.18 Å². The molecule has 3 aromatic heterocycles. The van der Waals surface area contributed by atoms with Gasteiger partial charge in [0.15, 0.2) is 0 Å². The van der Waals surface area contributed by atoms with Crippen LogP contribution in [0.5, 0.6) is 0 Å². The summed E-state index contributed by atoms with van der Waals surface area (Å²) in [5, 5.41) is 10.9. The van der Waals surface area contributed by atoms with E-state index in [-0.39, 0.29) is 22.1 Å². The zero-order valence-corrected chi connectivity index (χ0v) is 15.5. The zero-order chi connectivity index (χ0) is 20.8. The van der Waals surface area contributed by atoms with Crippen LogP contribution < -0.4 is 5.32 Å². The molecule has 3 heterocycles. The van der Waals surface area contributed by atoms with E-state index in [1.54, 1.807) is 19.2 Å². The lowest BCUT2D eigenvalue weighted by atomic mass is 10.0. The molecule has 0 aliphatic rings. The Hall–Kier alpha value is -3.40. The standard InChI is InChI=1S/C18H12ClF3N6O/c1-27-16(23-9-24-27)17(29)25-11-3-4-12-7-15(26-28(12)8-11)13-6-10(19)2-5-14(13)18(20,21)22/h2-9H,1H3,(H,25,29). The number of halogens is 4. The Morgan fingerprint density at radius 3 is 2.66 bits per heavy atom. The van der Waals surface area contributed by atoms with E-state index in [4.69, 9.17) is 11.6 Å². The minimum Gasteiger partial charge on any atom is -0.318 e. The summed E-state index contributed by atoms with van der Waals surface area (Å²) in [5.41, 5.74) is 0.0862. The highest BCUT2D eigenvalue weighted by Gasteiger charge is 2.34. The average Bonchev–Trinajstić information content (AvgIpc) is 3.26.